The summed E-state index contributed by atoms with van der Waals surface area (Å²) in [4.78, 5) is 16.5. The number of amides is 1. The molecule has 0 aromatic rings. The minimum absolute atomic E-state index is 0.0669. The number of hydrogen-bond donors (Lipinski definition) is 0. The van der Waals surface area contributed by atoms with Crippen LogP contribution in [-0.2, 0) is 4.79 Å². The largest absolute Gasteiger partial charge is 0.340 e. The van der Waals surface area contributed by atoms with E-state index in [0.717, 1.165) is 45.1 Å². The maximum absolute atomic E-state index is 11.9. The molecule has 16 heavy (non-hydrogen) atoms. The first-order chi connectivity index (χ1) is 7.72. The molecule has 2 fully saturated rings. The topological polar surface area (TPSA) is 23.6 Å². The van der Waals surface area contributed by atoms with Gasteiger partial charge in [-0.05, 0) is 32.2 Å². The van der Waals surface area contributed by atoms with Gasteiger partial charge in [0.15, 0.2) is 0 Å². The van der Waals surface area contributed by atoms with Crippen LogP contribution in [0.25, 0.3) is 0 Å². The van der Waals surface area contributed by atoms with Crippen molar-refractivity contribution in [2.75, 3.05) is 26.2 Å². The molecule has 3 nitrogen and oxygen atoms in total. The molecule has 1 unspecified atom stereocenters. The van der Waals surface area contributed by atoms with Crippen LogP contribution in [0.4, 0.5) is 0 Å². The van der Waals surface area contributed by atoms with Crippen molar-refractivity contribution < 1.29 is 4.79 Å². The van der Waals surface area contributed by atoms with E-state index in [9.17, 15) is 4.79 Å². The second-order valence-electron chi connectivity index (χ2n) is 4.79. The molecule has 2 rings (SSSR count). The van der Waals surface area contributed by atoms with Gasteiger partial charge in [-0.15, -0.1) is 0 Å². The van der Waals surface area contributed by atoms with Crippen LogP contribution in [-0.4, -0.2) is 52.8 Å². The summed E-state index contributed by atoms with van der Waals surface area (Å²) in [5.41, 5.74) is 0. The van der Waals surface area contributed by atoms with Crippen LogP contribution in [0.15, 0.2) is 0 Å². The molecule has 1 saturated carbocycles. The van der Waals surface area contributed by atoms with Gasteiger partial charge in [0.1, 0.15) is 0 Å². The summed E-state index contributed by atoms with van der Waals surface area (Å²) < 4.78 is 0. The number of halogens is 1. The van der Waals surface area contributed by atoms with E-state index < -0.39 is 0 Å². The van der Waals surface area contributed by atoms with Gasteiger partial charge in [0.25, 0.3) is 0 Å². The minimum atomic E-state index is 0.0669. The summed E-state index contributed by atoms with van der Waals surface area (Å²) in [6, 6.07) is 0.810. The predicted octanol–water partition coefficient (Wildman–Crippen LogP) is 1.86. The third kappa shape index (κ3) is 2.98. The van der Waals surface area contributed by atoms with Crippen molar-refractivity contribution in [2.45, 2.75) is 43.5 Å². The Bertz CT molecular complexity index is 255. The van der Waals surface area contributed by atoms with E-state index in [0.29, 0.717) is 0 Å². The van der Waals surface area contributed by atoms with Gasteiger partial charge < -0.3 is 4.90 Å². The molecule has 0 spiro atoms. The zero-order valence-electron chi connectivity index (χ0n) is 9.99. The van der Waals surface area contributed by atoms with Crippen molar-refractivity contribution in [1.29, 1.82) is 0 Å². The number of carbonyl (C=O) groups is 1. The Balaban J connectivity index is 1.77. The van der Waals surface area contributed by atoms with Gasteiger partial charge in [0.05, 0.1) is 4.83 Å². The highest BCUT2D eigenvalue weighted by Gasteiger charge is 2.30. The Labute approximate surface area is 106 Å². The quantitative estimate of drug-likeness (QED) is 0.721. The normalized spacial score (nSPS) is 26.6. The van der Waals surface area contributed by atoms with Crippen LogP contribution in [0.5, 0.6) is 0 Å². The molecule has 1 aliphatic heterocycles. The van der Waals surface area contributed by atoms with E-state index in [2.05, 4.69) is 27.8 Å². The average Bonchev–Trinajstić information content (AvgIpc) is 3.09. The van der Waals surface area contributed by atoms with Gasteiger partial charge in [-0.1, -0.05) is 22.9 Å². The van der Waals surface area contributed by atoms with E-state index in [1.807, 2.05) is 4.90 Å². The second-order valence-corrected chi connectivity index (χ2v) is 5.90. The molecule has 0 N–H and O–H groups in total. The van der Waals surface area contributed by atoms with Crippen LogP contribution in [0.2, 0.25) is 0 Å². The van der Waals surface area contributed by atoms with Gasteiger partial charge in [-0.2, -0.15) is 0 Å². The van der Waals surface area contributed by atoms with E-state index in [1.54, 1.807) is 0 Å². The Morgan fingerprint density at radius 3 is 2.81 bits per heavy atom. The molecule has 0 aromatic carbocycles. The molecule has 1 saturated heterocycles. The second kappa shape index (κ2) is 5.50. The number of hydrogen-bond acceptors (Lipinski definition) is 2. The van der Waals surface area contributed by atoms with Gasteiger partial charge in [-0.3, -0.25) is 9.69 Å². The lowest BCUT2D eigenvalue weighted by atomic mass is 10.1. The summed E-state index contributed by atoms with van der Waals surface area (Å²) in [7, 11) is 0. The van der Waals surface area contributed by atoms with Crippen LogP contribution in [0, 0.1) is 0 Å². The number of likely N-dealkylation sites (tertiary alicyclic amines) is 1. The van der Waals surface area contributed by atoms with Crippen molar-refractivity contribution in [3.63, 3.8) is 0 Å². The predicted molar refractivity (Wildman–Crippen MR) is 68.8 cm³/mol. The average molecular weight is 289 g/mol. The summed E-state index contributed by atoms with van der Waals surface area (Å²) in [6.45, 7) is 6.23. The molecule has 4 heteroatoms. The van der Waals surface area contributed by atoms with Crippen molar-refractivity contribution in [2.24, 2.45) is 0 Å². The lowest BCUT2D eigenvalue weighted by Crippen LogP contribution is -2.45. The first-order valence-corrected chi connectivity index (χ1v) is 7.31. The fourth-order valence-corrected chi connectivity index (χ4v) is 3.02. The number of rotatable bonds is 5. The maximum Gasteiger partial charge on any atom is 0.236 e. The summed E-state index contributed by atoms with van der Waals surface area (Å²) in [5.74, 6) is 0.290. The molecule has 1 heterocycles. The van der Waals surface area contributed by atoms with Crippen LogP contribution in [0.1, 0.15) is 32.6 Å². The number of likely N-dealkylation sites (N-methyl/N-ethyl adjacent to an activating group) is 1. The highest BCUT2D eigenvalue weighted by molar-refractivity contribution is 9.10. The third-order valence-corrected chi connectivity index (χ3v) is 4.44. The Hall–Kier alpha value is -0.0900. The number of piperidine rings is 1. The molecular weight excluding hydrogens is 268 g/mol. The Kier molecular flexibility index (Phi) is 4.25. The molecule has 92 valence electrons. The maximum atomic E-state index is 11.9. The molecule has 0 bridgehead atoms. The number of carbonyl (C=O) groups excluding carboxylic acids is 1. The fraction of sp³-hybridized carbons (Fsp3) is 0.917. The van der Waals surface area contributed by atoms with Crippen LogP contribution >= 0.6 is 15.9 Å². The molecule has 1 amide bonds. The number of alkyl halides is 1. The van der Waals surface area contributed by atoms with Gasteiger partial charge >= 0.3 is 0 Å². The summed E-state index contributed by atoms with van der Waals surface area (Å²) in [5, 5.41) is 0. The molecule has 0 aromatic heterocycles. The van der Waals surface area contributed by atoms with Crippen molar-refractivity contribution in [3.05, 3.63) is 0 Å². The molecule has 2 aliphatic rings. The zero-order chi connectivity index (χ0) is 11.5. The van der Waals surface area contributed by atoms with E-state index >= 15 is 0 Å². The Morgan fingerprint density at radius 1 is 1.44 bits per heavy atom. The van der Waals surface area contributed by atoms with E-state index in [4.69, 9.17) is 0 Å². The van der Waals surface area contributed by atoms with Crippen LogP contribution < -0.4 is 0 Å². The first-order valence-electron chi connectivity index (χ1n) is 6.39. The number of nitrogens with zero attached hydrogens (tertiary/aromatic N) is 2. The van der Waals surface area contributed by atoms with Crippen molar-refractivity contribution in [3.8, 4) is 0 Å². The zero-order valence-corrected chi connectivity index (χ0v) is 11.6. The lowest BCUT2D eigenvalue weighted by Gasteiger charge is -2.32. The van der Waals surface area contributed by atoms with Gasteiger partial charge in [0, 0.05) is 25.7 Å². The molecule has 0 radical (unpaired) electrons. The summed E-state index contributed by atoms with van der Waals surface area (Å²) >= 11 is 3.45. The van der Waals surface area contributed by atoms with Gasteiger partial charge in [-0.25, -0.2) is 0 Å². The van der Waals surface area contributed by atoms with Crippen LogP contribution in [0.3, 0.4) is 0 Å². The molecular formula is C12H21BrN2O. The summed E-state index contributed by atoms with van der Waals surface area (Å²) in [6.07, 6.45) is 4.83. The van der Waals surface area contributed by atoms with E-state index in [1.165, 1.54) is 12.8 Å². The highest BCUT2D eigenvalue weighted by Crippen LogP contribution is 2.26. The minimum Gasteiger partial charge on any atom is -0.340 e. The smallest absolute Gasteiger partial charge is 0.236 e. The van der Waals surface area contributed by atoms with E-state index in [-0.39, 0.29) is 10.7 Å². The third-order valence-electron chi connectivity index (χ3n) is 3.59. The fourth-order valence-electron chi connectivity index (χ4n) is 2.40. The monoisotopic (exact) mass is 288 g/mol. The van der Waals surface area contributed by atoms with Crippen molar-refractivity contribution in [1.82, 2.24) is 9.80 Å². The molecule has 1 aliphatic carbocycles. The molecule has 1 atom stereocenters. The highest BCUT2D eigenvalue weighted by atomic mass is 79.9. The van der Waals surface area contributed by atoms with Crippen molar-refractivity contribution >= 4 is 21.8 Å². The first kappa shape index (κ1) is 12.4. The lowest BCUT2D eigenvalue weighted by molar-refractivity contribution is -0.132. The standard InChI is InChI=1S/C12H21BrN2O/c1-2-14(10-5-6-10)8-9-15-7-3-4-11(13)12(15)16/h10-11H,2-9H2,1H3. The SMILES string of the molecule is CCN(CCN1CCCC(Br)C1=O)C1CC1. The van der Waals surface area contributed by atoms with Gasteiger partial charge in [0.2, 0.25) is 5.91 Å². The Morgan fingerprint density at radius 2 is 2.19 bits per heavy atom.